The standard InChI is InChI=1S/C22H19F5N4O4S/c23-21(24,16-5-2-13(9-28-16)36-22(25,26)27)20(35)29-8-11-1-3-14-12(7-11)10-31(19(14)34)15-4-6-17(32)30-18(15)33/h1-3,5,7,9,15,20,29,35H,4,6,8,10H2,(H,30,32,33). The quantitative estimate of drug-likeness (QED) is 0.219. The molecule has 1 saturated heterocycles. The number of alkyl halides is 5. The number of carbonyl (C=O) groups excluding carboxylic acids is 3. The van der Waals surface area contributed by atoms with E-state index in [0.717, 1.165) is 6.07 Å². The second-order valence-electron chi connectivity index (χ2n) is 8.22. The minimum atomic E-state index is -4.59. The lowest BCUT2D eigenvalue weighted by Gasteiger charge is -2.29. The molecule has 0 spiro atoms. The summed E-state index contributed by atoms with van der Waals surface area (Å²) in [5.74, 6) is -5.26. The molecule has 4 rings (SSSR count). The lowest BCUT2D eigenvalue weighted by molar-refractivity contribution is -0.136. The predicted molar refractivity (Wildman–Crippen MR) is 115 cm³/mol. The number of aliphatic hydroxyl groups is 1. The average molecular weight is 530 g/mol. The van der Waals surface area contributed by atoms with Crippen molar-refractivity contribution in [2.24, 2.45) is 0 Å². The van der Waals surface area contributed by atoms with Crippen molar-refractivity contribution in [2.75, 3.05) is 0 Å². The number of imide groups is 1. The van der Waals surface area contributed by atoms with Crippen LogP contribution in [0.4, 0.5) is 22.0 Å². The molecule has 3 heterocycles. The van der Waals surface area contributed by atoms with Gasteiger partial charge in [0.1, 0.15) is 11.7 Å². The van der Waals surface area contributed by atoms with E-state index in [-0.39, 0.29) is 36.7 Å². The first-order chi connectivity index (χ1) is 16.8. The van der Waals surface area contributed by atoms with E-state index in [0.29, 0.717) is 29.0 Å². The Hall–Kier alpha value is -3.10. The number of fused-ring (bicyclic) bond motifs is 1. The van der Waals surface area contributed by atoms with Gasteiger partial charge in [-0.3, -0.25) is 30.0 Å². The van der Waals surface area contributed by atoms with Crippen LogP contribution in [0.15, 0.2) is 41.4 Å². The topological polar surface area (TPSA) is 112 Å². The van der Waals surface area contributed by atoms with Gasteiger partial charge in [0.05, 0.1) is 0 Å². The van der Waals surface area contributed by atoms with E-state index in [2.05, 4.69) is 15.6 Å². The van der Waals surface area contributed by atoms with Gasteiger partial charge in [-0.25, -0.2) is 0 Å². The molecule has 3 N–H and O–H groups in total. The number of benzene rings is 1. The first-order valence-electron chi connectivity index (χ1n) is 10.6. The van der Waals surface area contributed by atoms with Gasteiger partial charge in [-0.15, -0.1) is 0 Å². The third kappa shape index (κ3) is 5.50. The van der Waals surface area contributed by atoms with Crippen molar-refractivity contribution in [1.82, 2.24) is 20.5 Å². The van der Waals surface area contributed by atoms with Crippen LogP contribution in [0.5, 0.6) is 0 Å². The normalized spacial score (nSPS) is 19.3. The van der Waals surface area contributed by atoms with Crippen molar-refractivity contribution in [3.63, 3.8) is 0 Å². The molecule has 192 valence electrons. The number of nitrogens with zero attached hydrogens (tertiary/aromatic N) is 2. The van der Waals surface area contributed by atoms with Gasteiger partial charge in [0, 0.05) is 36.2 Å². The molecule has 0 bridgehead atoms. The van der Waals surface area contributed by atoms with Crippen molar-refractivity contribution < 1.29 is 41.4 Å². The first kappa shape index (κ1) is 26.0. The lowest BCUT2D eigenvalue weighted by Crippen LogP contribution is -2.52. The Kier molecular flexibility index (Phi) is 7.03. The minimum Gasteiger partial charge on any atom is -0.372 e. The van der Waals surface area contributed by atoms with Gasteiger partial charge in [-0.1, -0.05) is 12.1 Å². The second-order valence-corrected chi connectivity index (χ2v) is 9.36. The summed E-state index contributed by atoms with van der Waals surface area (Å²) >= 11 is -0.495. The molecule has 3 amide bonds. The number of pyridine rings is 1. The van der Waals surface area contributed by atoms with Crippen LogP contribution in [0.25, 0.3) is 0 Å². The van der Waals surface area contributed by atoms with Gasteiger partial charge in [0.2, 0.25) is 11.8 Å². The Bertz CT molecular complexity index is 1190. The van der Waals surface area contributed by atoms with Crippen LogP contribution in [0.2, 0.25) is 0 Å². The van der Waals surface area contributed by atoms with Crippen LogP contribution in [0.1, 0.15) is 40.0 Å². The van der Waals surface area contributed by atoms with Crippen LogP contribution < -0.4 is 10.6 Å². The number of rotatable bonds is 7. The van der Waals surface area contributed by atoms with E-state index in [1.165, 1.54) is 17.0 Å². The third-order valence-electron chi connectivity index (χ3n) is 5.74. The number of carbonyl (C=O) groups is 3. The predicted octanol–water partition coefficient (Wildman–Crippen LogP) is 2.65. The number of aliphatic hydroxyl groups excluding tert-OH is 1. The molecule has 8 nitrogen and oxygen atoms in total. The van der Waals surface area contributed by atoms with Crippen molar-refractivity contribution in [3.05, 3.63) is 58.9 Å². The van der Waals surface area contributed by atoms with Crippen LogP contribution in [0, 0.1) is 0 Å². The third-order valence-corrected chi connectivity index (χ3v) is 6.45. The minimum absolute atomic E-state index is 0.0964. The van der Waals surface area contributed by atoms with Gasteiger partial charge in [-0.05, 0) is 47.5 Å². The van der Waals surface area contributed by atoms with Gasteiger partial charge in [0.25, 0.3) is 5.91 Å². The number of thioether (sulfide) groups is 1. The van der Waals surface area contributed by atoms with Crippen LogP contribution in [-0.4, -0.2) is 50.5 Å². The molecule has 2 atom stereocenters. The largest absolute Gasteiger partial charge is 0.446 e. The summed E-state index contributed by atoms with van der Waals surface area (Å²) in [5, 5.41) is 14.5. The van der Waals surface area contributed by atoms with Crippen molar-refractivity contribution >= 4 is 29.5 Å². The number of piperidine rings is 1. The molecule has 2 unspecified atom stereocenters. The Labute approximate surface area is 205 Å². The van der Waals surface area contributed by atoms with Gasteiger partial charge in [-0.2, -0.15) is 22.0 Å². The van der Waals surface area contributed by atoms with Crippen molar-refractivity contribution in [1.29, 1.82) is 0 Å². The summed E-state index contributed by atoms with van der Waals surface area (Å²) < 4.78 is 66.4. The maximum absolute atomic E-state index is 14.6. The Morgan fingerprint density at radius 1 is 1.17 bits per heavy atom. The van der Waals surface area contributed by atoms with Crippen LogP contribution in [0.3, 0.4) is 0 Å². The van der Waals surface area contributed by atoms with Gasteiger partial charge >= 0.3 is 11.4 Å². The summed E-state index contributed by atoms with van der Waals surface area (Å²) in [6.07, 6.45) is -1.44. The summed E-state index contributed by atoms with van der Waals surface area (Å²) in [4.78, 5) is 40.6. The number of hydrogen-bond acceptors (Lipinski definition) is 7. The first-order valence-corrected chi connectivity index (χ1v) is 11.4. The molecule has 1 aromatic carbocycles. The molecule has 0 aliphatic carbocycles. The Morgan fingerprint density at radius 2 is 1.92 bits per heavy atom. The molecular weight excluding hydrogens is 511 g/mol. The Balaban J connectivity index is 1.39. The highest BCUT2D eigenvalue weighted by molar-refractivity contribution is 8.00. The molecule has 2 aromatic rings. The molecule has 0 saturated carbocycles. The maximum Gasteiger partial charge on any atom is 0.446 e. The molecule has 14 heteroatoms. The SMILES string of the molecule is O=C1CCC(N2Cc3cc(CNC(O)C(F)(F)c4ccc(SC(F)(F)F)cn4)ccc3C2=O)C(=O)N1. The molecule has 2 aliphatic heterocycles. The number of amides is 3. The fourth-order valence-corrected chi connectivity index (χ4v) is 4.50. The van der Waals surface area contributed by atoms with Crippen molar-refractivity contribution in [3.8, 4) is 0 Å². The highest BCUT2D eigenvalue weighted by Gasteiger charge is 2.42. The summed E-state index contributed by atoms with van der Waals surface area (Å²) in [6.45, 7) is -0.127. The fourth-order valence-electron chi connectivity index (χ4n) is 3.99. The average Bonchev–Trinajstić information content (AvgIpc) is 3.12. The fraction of sp³-hybridized carbons (Fsp3) is 0.364. The van der Waals surface area contributed by atoms with Crippen molar-refractivity contribution in [2.45, 2.75) is 54.5 Å². The van der Waals surface area contributed by atoms with E-state index in [4.69, 9.17) is 0 Å². The van der Waals surface area contributed by atoms with Gasteiger partial charge < -0.3 is 10.0 Å². The lowest BCUT2D eigenvalue weighted by atomic mass is 10.0. The zero-order valence-corrected chi connectivity index (χ0v) is 19.1. The smallest absolute Gasteiger partial charge is 0.372 e. The number of halogens is 5. The number of hydrogen-bond donors (Lipinski definition) is 3. The van der Waals surface area contributed by atoms with E-state index < -0.39 is 53.0 Å². The molecule has 1 fully saturated rings. The summed E-state index contributed by atoms with van der Waals surface area (Å²) in [7, 11) is 0. The maximum atomic E-state index is 14.6. The van der Waals surface area contributed by atoms with E-state index in [1.807, 2.05) is 0 Å². The summed E-state index contributed by atoms with van der Waals surface area (Å²) in [5.41, 5.74) is -4.13. The van der Waals surface area contributed by atoms with E-state index >= 15 is 0 Å². The molecule has 1 aromatic heterocycles. The van der Waals surface area contributed by atoms with Gasteiger partial charge in [0.15, 0.2) is 6.23 Å². The Morgan fingerprint density at radius 3 is 2.56 bits per heavy atom. The second kappa shape index (κ2) is 9.75. The van der Waals surface area contributed by atoms with E-state index in [1.54, 1.807) is 6.07 Å². The molecular formula is C22H19F5N4O4S. The monoisotopic (exact) mass is 530 g/mol. The highest BCUT2D eigenvalue weighted by atomic mass is 32.2. The highest BCUT2D eigenvalue weighted by Crippen LogP contribution is 2.37. The van der Waals surface area contributed by atoms with Crippen LogP contribution in [-0.2, 0) is 28.6 Å². The number of nitrogens with one attached hydrogen (secondary N) is 2. The zero-order valence-electron chi connectivity index (χ0n) is 18.3. The van der Waals surface area contributed by atoms with E-state index in [9.17, 15) is 41.4 Å². The van der Waals surface area contributed by atoms with Crippen LogP contribution >= 0.6 is 11.8 Å². The molecule has 2 aliphatic rings. The number of aromatic nitrogens is 1. The molecule has 36 heavy (non-hydrogen) atoms. The zero-order chi connectivity index (χ0) is 26.3. The molecule has 0 radical (unpaired) electrons. The summed E-state index contributed by atoms with van der Waals surface area (Å²) in [6, 6.07) is 5.33.